The molecule has 0 bridgehead atoms. The van der Waals surface area contributed by atoms with Crippen molar-refractivity contribution in [2.75, 3.05) is 13.1 Å². The highest BCUT2D eigenvalue weighted by Crippen LogP contribution is 2.22. The van der Waals surface area contributed by atoms with Crippen LogP contribution in [0.5, 0.6) is 0 Å². The Bertz CT molecular complexity index is 170. The largest absolute Gasteiger partial charge is 0.401 e. The van der Waals surface area contributed by atoms with E-state index in [9.17, 15) is 13.2 Å². The lowest BCUT2D eigenvalue weighted by Crippen LogP contribution is -2.36. The first-order valence-corrected chi connectivity index (χ1v) is 5.00. The predicted octanol–water partition coefficient (Wildman–Crippen LogP) is 1.66. The molecule has 2 unspecified atom stereocenters. The lowest BCUT2D eigenvalue weighted by molar-refractivity contribution is -0.125. The van der Waals surface area contributed by atoms with Gasteiger partial charge in [0.25, 0.3) is 0 Å². The van der Waals surface area contributed by atoms with E-state index in [-0.39, 0.29) is 6.04 Å². The predicted molar refractivity (Wildman–Crippen MR) is 48.9 cm³/mol. The third-order valence-electron chi connectivity index (χ3n) is 2.58. The first-order valence-electron chi connectivity index (χ1n) is 5.00. The monoisotopic (exact) mass is 210 g/mol. The molecule has 1 aliphatic carbocycles. The summed E-state index contributed by atoms with van der Waals surface area (Å²) in [7, 11) is 0. The number of nitrogens with one attached hydrogen (secondary N) is 1. The fourth-order valence-electron chi connectivity index (χ4n) is 1.94. The average molecular weight is 210 g/mol. The summed E-state index contributed by atoms with van der Waals surface area (Å²) in [5.74, 6) is 0.320. The molecule has 14 heavy (non-hydrogen) atoms. The Morgan fingerprint density at radius 3 is 2.57 bits per heavy atom. The van der Waals surface area contributed by atoms with Crippen molar-refractivity contribution in [1.29, 1.82) is 0 Å². The topological polar surface area (TPSA) is 38.0 Å². The first kappa shape index (κ1) is 11.8. The second-order valence-corrected chi connectivity index (χ2v) is 4.04. The zero-order valence-electron chi connectivity index (χ0n) is 8.11. The molecule has 1 saturated carbocycles. The van der Waals surface area contributed by atoms with Crippen LogP contribution in [0.1, 0.15) is 25.7 Å². The van der Waals surface area contributed by atoms with Gasteiger partial charge >= 0.3 is 6.18 Å². The summed E-state index contributed by atoms with van der Waals surface area (Å²) in [6.07, 6.45) is -0.199. The van der Waals surface area contributed by atoms with E-state index in [0.717, 1.165) is 25.7 Å². The van der Waals surface area contributed by atoms with Crippen LogP contribution in [0.15, 0.2) is 0 Å². The van der Waals surface area contributed by atoms with E-state index in [1.807, 2.05) is 0 Å². The van der Waals surface area contributed by atoms with E-state index < -0.39 is 12.7 Å². The summed E-state index contributed by atoms with van der Waals surface area (Å²) in [5.41, 5.74) is 5.73. The van der Waals surface area contributed by atoms with E-state index in [2.05, 4.69) is 5.32 Å². The molecular weight excluding hydrogens is 193 g/mol. The van der Waals surface area contributed by atoms with Crippen LogP contribution in [0.4, 0.5) is 13.2 Å². The van der Waals surface area contributed by atoms with Gasteiger partial charge in [0.05, 0.1) is 6.54 Å². The van der Waals surface area contributed by atoms with E-state index >= 15 is 0 Å². The van der Waals surface area contributed by atoms with Gasteiger partial charge < -0.3 is 11.1 Å². The van der Waals surface area contributed by atoms with Crippen molar-refractivity contribution >= 4 is 0 Å². The normalized spacial score (nSPS) is 29.1. The number of hydrogen-bond acceptors (Lipinski definition) is 2. The Hall–Kier alpha value is -0.290. The Balaban J connectivity index is 2.12. The third-order valence-corrected chi connectivity index (χ3v) is 2.58. The molecule has 0 aromatic rings. The number of halogens is 3. The highest BCUT2D eigenvalue weighted by Gasteiger charge is 2.27. The van der Waals surface area contributed by atoms with Gasteiger partial charge in [0.2, 0.25) is 0 Å². The fourth-order valence-corrected chi connectivity index (χ4v) is 1.94. The zero-order valence-corrected chi connectivity index (χ0v) is 8.11. The van der Waals surface area contributed by atoms with Gasteiger partial charge in [-0.1, -0.05) is 6.42 Å². The Kier molecular flexibility index (Phi) is 4.19. The van der Waals surface area contributed by atoms with Gasteiger partial charge in [0, 0.05) is 6.04 Å². The van der Waals surface area contributed by atoms with Crippen LogP contribution in [0, 0.1) is 5.92 Å². The smallest absolute Gasteiger partial charge is 0.328 e. The molecule has 1 rings (SSSR count). The van der Waals surface area contributed by atoms with Crippen molar-refractivity contribution in [3.05, 3.63) is 0 Å². The molecule has 1 aliphatic rings. The van der Waals surface area contributed by atoms with Crippen molar-refractivity contribution in [2.24, 2.45) is 11.7 Å². The van der Waals surface area contributed by atoms with Crippen LogP contribution >= 0.6 is 0 Å². The molecule has 84 valence electrons. The number of rotatable bonds is 3. The molecule has 0 saturated heterocycles. The van der Waals surface area contributed by atoms with Crippen molar-refractivity contribution in [3.8, 4) is 0 Å². The quantitative estimate of drug-likeness (QED) is 0.743. The average Bonchev–Trinajstić information content (AvgIpc) is 2.01. The van der Waals surface area contributed by atoms with E-state index in [0.29, 0.717) is 12.5 Å². The van der Waals surface area contributed by atoms with Crippen molar-refractivity contribution in [3.63, 3.8) is 0 Å². The molecule has 0 radical (unpaired) electrons. The maximum atomic E-state index is 11.8. The second kappa shape index (κ2) is 4.98. The summed E-state index contributed by atoms with van der Waals surface area (Å²) in [6, 6.07) is 0.182. The minimum atomic E-state index is -4.10. The van der Waals surface area contributed by atoms with E-state index in [4.69, 9.17) is 5.73 Å². The first-order chi connectivity index (χ1) is 6.47. The molecule has 0 heterocycles. The minimum absolute atomic E-state index is 0.182. The third kappa shape index (κ3) is 4.81. The van der Waals surface area contributed by atoms with Gasteiger partial charge in [-0.3, -0.25) is 0 Å². The highest BCUT2D eigenvalue weighted by molar-refractivity contribution is 4.76. The SMILES string of the molecule is NC1CCCC(CNCC(F)(F)F)C1. The molecule has 0 spiro atoms. The van der Waals surface area contributed by atoms with Crippen molar-refractivity contribution in [2.45, 2.75) is 37.9 Å². The van der Waals surface area contributed by atoms with Gasteiger partial charge in [0.15, 0.2) is 0 Å². The molecule has 3 N–H and O–H groups in total. The van der Waals surface area contributed by atoms with Gasteiger partial charge in [0.1, 0.15) is 0 Å². The van der Waals surface area contributed by atoms with E-state index in [1.165, 1.54) is 0 Å². The summed E-state index contributed by atoms with van der Waals surface area (Å²) in [5, 5.41) is 2.44. The minimum Gasteiger partial charge on any atom is -0.328 e. The van der Waals surface area contributed by atoms with Gasteiger partial charge in [-0.05, 0) is 31.7 Å². The van der Waals surface area contributed by atoms with Crippen LogP contribution in [0.2, 0.25) is 0 Å². The van der Waals surface area contributed by atoms with Gasteiger partial charge in [-0.25, -0.2) is 0 Å². The van der Waals surface area contributed by atoms with Crippen LogP contribution < -0.4 is 11.1 Å². The molecule has 2 atom stereocenters. The summed E-state index contributed by atoms with van der Waals surface area (Å²) >= 11 is 0. The Morgan fingerprint density at radius 1 is 1.29 bits per heavy atom. The van der Waals surface area contributed by atoms with Crippen LogP contribution in [0.3, 0.4) is 0 Å². The van der Waals surface area contributed by atoms with Crippen LogP contribution in [0.25, 0.3) is 0 Å². The molecule has 0 amide bonds. The van der Waals surface area contributed by atoms with Gasteiger partial charge in [-0.15, -0.1) is 0 Å². The second-order valence-electron chi connectivity index (χ2n) is 4.04. The molecule has 0 aromatic carbocycles. The molecule has 1 fully saturated rings. The summed E-state index contributed by atoms with van der Waals surface area (Å²) in [4.78, 5) is 0. The molecule has 0 aromatic heterocycles. The molecule has 2 nitrogen and oxygen atoms in total. The Labute approximate surface area is 82.0 Å². The highest BCUT2D eigenvalue weighted by atomic mass is 19.4. The molecule has 0 aliphatic heterocycles. The lowest BCUT2D eigenvalue weighted by atomic mass is 9.86. The lowest BCUT2D eigenvalue weighted by Gasteiger charge is -2.26. The summed E-state index contributed by atoms with van der Waals surface area (Å²) in [6.45, 7) is -0.452. The van der Waals surface area contributed by atoms with Crippen LogP contribution in [-0.4, -0.2) is 25.3 Å². The standard InChI is InChI=1S/C9H17F3N2/c10-9(11,12)6-14-5-7-2-1-3-8(13)4-7/h7-8,14H,1-6,13H2. The number of hydrogen-bond donors (Lipinski definition) is 2. The maximum absolute atomic E-state index is 11.8. The van der Waals surface area contributed by atoms with Gasteiger partial charge in [-0.2, -0.15) is 13.2 Å². The van der Waals surface area contributed by atoms with Crippen molar-refractivity contribution < 1.29 is 13.2 Å². The van der Waals surface area contributed by atoms with Crippen molar-refractivity contribution in [1.82, 2.24) is 5.32 Å². The molecule has 5 heteroatoms. The summed E-state index contributed by atoms with van der Waals surface area (Å²) < 4.78 is 35.4. The fraction of sp³-hybridized carbons (Fsp3) is 1.00. The number of alkyl halides is 3. The van der Waals surface area contributed by atoms with Crippen LogP contribution in [-0.2, 0) is 0 Å². The van der Waals surface area contributed by atoms with E-state index in [1.54, 1.807) is 0 Å². The number of nitrogens with two attached hydrogens (primary N) is 1. The zero-order chi connectivity index (χ0) is 10.6. The maximum Gasteiger partial charge on any atom is 0.401 e. The molecular formula is C9H17F3N2. The Morgan fingerprint density at radius 2 is 2.00 bits per heavy atom.